The number of hydrogen-bond donors (Lipinski definition) is 2. The molecule has 14 heavy (non-hydrogen) atoms. The van der Waals surface area contributed by atoms with Crippen LogP contribution in [0.3, 0.4) is 0 Å². The minimum Gasteiger partial charge on any atom is -0.477 e. The third kappa shape index (κ3) is 2.07. The highest BCUT2D eigenvalue weighted by atomic mass is 19.2. The number of carbonyl (C=O) groups is 1. The Morgan fingerprint density at radius 1 is 1.43 bits per heavy atom. The predicted octanol–water partition coefficient (Wildman–Crippen LogP) is 1.35. The number of rotatable bonds is 2. The molecule has 3 N–H and O–H groups in total. The van der Waals surface area contributed by atoms with Gasteiger partial charge in [0.1, 0.15) is 5.70 Å². The van der Waals surface area contributed by atoms with Gasteiger partial charge in [0.2, 0.25) is 0 Å². The summed E-state index contributed by atoms with van der Waals surface area (Å²) in [5.41, 5.74) is 4.30. The van der Waals surface area contributed by atoms with E-state index < -0.39 is 23.3 Å². The summed E-state index contributed by atoms with van der Waals surface area (Å²) in [6, 6.07) is 3.43. The largest absolute Gasteiger partial charge is 0.477 e. The lowest BCUT2D eigenvalue weighted by Crippen LogP contribution is -2.09. The molecule has 1 rings (SSSR count). The summed E-state index contributed by atoms with van der Waals surface area (Å²) in [6.45, 7) is 0. The second kappa shape index (κ2) is 3.87. The normalized spacial score (nSPS) is 11.4. The van der Waals surface area contributed by atoms with Crippen molar-refractivity contribution in [3.8, 4) is 0 Å². The van der Waals surface area contributed by atoms with Gasteiger partial charge in [-0.1, -0.05) is 12.1 Å². The molecule has 0 saturated heterocycles. The minimum absolute atomic E-state index is 0.190. The Balaban J connectivity index is 3.15. The van der Waals surface area contributed by atoms with Crippen LogP contribution < -0.4 is 5.73 Å². The van der Waals surface area contributed by atoms with Crippen molar-refractivity contribution in [3.05, 3.63) is 41.1 Å². The quantitative estimate of drug-likeness (QED) is 0.706. The molecule has 0 aliphatic heterocycles. The molecular formula is C9H7F2NO2. The SMILES string of the molecule is N/C(=C/c1cccc(F)c1F)C(=O)O. The maximum absolute atomic E-state index is 13.0. The molecule has 5 heteroatoms. The van der Waals surface area contributed by atoms with Crippen molar-refractivity contribution in [3.63, 3.8) is 0 Å². The summed E-state index contributed by atoms with van der Waals surface area (Å²) in [5.74, 6) is -3.54. The smallest absolute Gasteiger partial charge is 0.351 e. The van der Waals surface area contributed by atoms with Crippen LogP contribution in [0.15, 0.2) is 23.9 Å². The van der Waals surface area contributed by atoms with E-state index in [1.807, 2.05) is 0 Å². The summed E-state index contributed by atoms with van der Waals surface area (Å²) in [4.78, 5) is 10.3. The van der Waals surface area contributed by atoms with Crippen LogP contribution in [0.5, 0.6) is 0 Å². The number of carboxylic acid groups (broad SMARTS) is 1. The first-order valence-electron chi connectivity index (χ1n) is 3.67. The lowest BCUT2D eigenvalue weighted by molar-refractivity contribution is -0.132. The van der Waals surface area contributed by atoms with E-state index in [9.17, 15) is 13.6 Å². The number of hydrogen-bond acceptors (Lipinski definition) is 2. The van der Waals surface area contributed by atoms with Gasteiger partial charge in [-0.15, -0.1) is 0 Å². The van der Waals surface area contributed by atoms with E-state index in [4.69, 9.17) is 10.8 Å². The highest BCUT2D eigenvalue weighted by molar-refractivity contribution is 5.90. The summed E-state index contributed by atoms with van der Waals surface area (Å²) in [6.07, 6.45) is 0.862. The highest BCUT2D eigenvalue weighted by Crippen LogP contribution is 2.13. The predicted molar refractivity (Wildman–Crippen MR) is 46.2 cm³/mol. The van der Waals surface area contributed by atoms with Crippen LogP contribution in [0.25, 0.3) is 6.08 Å². The van der Waals surface area contributed by atoms with E-state index in [-0.39, 0.29) is 5.56 Å². The maximum atomic E-state index is 13.0. The van der Waals surface area contributed by atoms with E-state index in [1.165, 1.54) is 12.1 Å². The van der Waals surface area contributed by atoms with E-state index >= 15 is 0 Å². The average Bonchev–Trinajstić information content (AvgIpc) is 2.12. The van der Waals surface area contributed by atoms with Crippen molar-refractivity contribution >= 4 is 12.0 Å². The topological polar surface area (TPSA) is 63.3 Å². The van der Waals surface area contributed by atoms with Gasteiger partial charge in [-0.05, 0) is 12.1 Å². The summed E-state index contributed by atoms with van der Waals surface area (Å²) in [7, 11) is 0. The first kappa shape index (κ1) is 10.2. The van der Waals surface area contributed by atoms with Crippen molar-refractivity contribution in [2.45, 2.75) is 0 Å². The summed E-state index contributed by atoms with van der Waals surface area (Å²) in [5, 5.41) is 8.39. The van der Waals surface area contributed by atoms with Gasteiger partial charge in [0, 0.05) is 5.56 Å². The van der Waals surface area contributed by atoms with Gasteiger partial charge in [0.25, 0.3) is 0 Å². The fourth-order valence-corrected chi connectivity index (χ4v) is 0.861. The van der Waals surface area contributed by atoms with Gasteiger partial charge < -0.3 is 10.8 Å². The molecular weight excluding hydrogens is 192 g/mol. The van der Waals surface area contributed by atoms with E-state index in [1.54, 1.807) is 0 Å². The van der Waals surface area contributed by atoms with Gasteiger partial charge in [-0.2, -0.15) is 0 Å². The zero-order chi connectivity index (χ0) is 10.7. The molecule has 0 saturated carbocycles. The van der Waals surface area contributed by atoms with E-state index in [0.29, 0.717) is 0 Å². The molecule has 0 fully saturated rings. The molecule has 0 aliphatic carbocycles. The van der Waals surface area contributed by atoms with Crippen molar-refractivity contribution in [1.29, 1.82) is 0 Å². The molecule has 0 atom stereocenters. The van der Waals surface area contributed by atoms with Crippen LogP contribution in [0, 0.1) is 11.6 Å². The summed E-state index contributed by atoms with van der Waals surface area (Å²) < 4.78 is 25.6. The Bertz CT molecular complexity index is 402. The summed E-state index contributed by atoms with van der Waals surface area (Å²) >= 11 is 0. The Hall–Kier alpha value is -1.91. The standard InChI is InChI=1S/C9H7F2NO2/c10-6-3-1-2-5(8(6)11)4-7(12)9(13)14/h1-4H,12H2,(H,13,14)/b7-4+. The molecule has 0 radical (unpaired) electrons. The molecule has 0 bridgehead atoms. The van der Waals surface area contributed by atoms with E-state index in [2.05, 4.69) is 0 Å². The third-order valence-electron chi connectivity index (χ3n) is 1.54. The van der Waals surface area contributed by atoms with E-state index in [0.717, 1.165) is 12.1 Å². The van der Waals surface area contributed by atoms with Gasteiger partial charge in [0.05, 0.1) is 0 Å². The fourth-order valence-electron chi connectivity index (χ4n) is 0.861. The van der Waals surface area contributed by atoms with Crippen LogP contribution in [-0.4, -0.2) is 11.1 Å². The average molecular weight is 199 g/mol. The number of nitrogens with two attached hydrogens (primary N) is 1. The molecule has 1 aromatic rings. The van der Waals surface area contributed by atoms with Crippen LogP contribution in [0.1, 0.15) is 5.56 Å². The molecule has 0 spiro atoms. The lowest BCUT2D eigenvalue weighted by atomic mass is 10.2. The number of halogens is 2. The van der Waals surface area contributed by atoms with Crippen molar-refractivity contribution < 1.29 is 18.7 Å². The Kier molecular flexibility index (Phi) is 2.81. The Morgan fingerprint density at radius 3 is 2.64 bits per heavy atom. The van der Waals surface area contributed by atoms with Crippen molar-refractivity contribution in [2.24, 2.45) is 5.73 Å². The monoisotopic (exact) mass is 199 g/mol. The first-order chi connectivity index (χ1) is 6.52. The van der Waals surface area contributed by atoms with Crippen molar-refractivity contribution in [1.82, 2.24) is 0 Å². The fraction of sp³-hybridized carbons (Fsp3) is 0. The maximum Gasteiger partial charge on any atom is 0.351 e. The molecule has 0 aromatic heterocycles. The number of carboxylic acids is 1. The highest BCUT2D eigenvalue weighted by Gasteiger charge is 2.07. The lowest BCUT2D eigenvalue weighted by Gasteiger charge is -1.98. The zero-order valence-electron chi connectivity index (χ0n) is 7.00. The van der Waals surface area contributed by atoms with Gasteiger partial charge in [-0.3, -0.25) is 0 Å². The molecule has 74 valence electrons. The Labute approximate surface area is 78.5 Å². The second-order valence-electron chi connectivity index (χ2n) is 2.55. The number of aliphatic carboxylic acids is 1. The van der Waals surface area contributed by atoms with Gasteiger partial charge in [0.15, 0.2) is 11.6 Å². The van der Waals surface area contributed by atoms with Crippen LogP contribution >= 0.6 is 0 Å². The zero-order valence-corrected chi connectivity index (χ0v) is 7.00. The Morgan fingerprint density at radius 2 is 2.07 bits per heavy atom. The van der Waals surface area contributed by atoms with Crippen LogP contribution in [0.2, 0.25) is 0 Å². The minimum atomic E-state index is -1.38. The van der Waals surface area contributed by atoms with Gasteiger partial charge in [-0.25, -0.2) is 13.6 Å². The van der Waals surface area contributed by atoms with Crippen LogP contribution in [0.4, 0.5) is 8.78 Å². The number of benzene rings is 1. The molecule has 0 aliphatic rings. The molecule has 0 amide bonds. The van der Waals surface area contributed by atoms with Gasteiger partial charge >= 0.3 is 5.97 Å². The second-order valence-corrected chi connectivity index (χ2v) is 2.55. The molecule has 3 nitrogen and oxygen atoms in total. The van der Waals surface area contributed by atoms with Crippen molar-refractivity contribution in [2.75, 3.05) is 0 Å². The third-order valence-corrected chi connectivity index (χ3v) is 1.54. The molecule has 0 unspecified atom stereocenters. The molecule has 0 heterocycles. The first-order valence-corrected chi connectivity index (χ1v) is 3.67. The molecule has 1 aromatic carbocycles. The van der Waals surface area contributed by atoms with Crippen LogP contribution in [-0.2, 0) is 4.79 Å².